The molecule has 4 rings (SSSR count). The van der Waals surface area contributed by atoms with Crippen LogP contribution in [0.2, 0.25) is 5.02 Å². The molecule has 7 nitrogen and oxygen atoms in total. The highest BCUT2D eigenvalue weighted by Gasteiger charge is 2.47. The van der Waals surface area contributed by atoms with Gasteiger partial charge < -0.3 is 19.2 Å². The third-order valence-electron chi connectivity index (χ3n) is 4.88. The fourth-order valence-corrected chi connectivity index (χ4v) is 3.63. The van der Waals surface area contributed by atoms with E-state index in [1.807, 2.05) is 0 Å². The first-order valence-corrected chi connectivity index (χ1v) is 9.43. The van der Waals surface area contributed by atoms with Gasteiger partial charge in [-0.2, -0.15) is 0 Å². The van der Waals surface area contributed by atoms with E-state index < -0.39 is 17.7 Å². The minimum Gasteiger partial charge on any atom is -0.507 e. The van der Waals surface area contributed by atoms with Crippen LogP contribution in [0.4, 0.5) is 0 Å². The molecule has 1 amide bonds. The topological polar surface area (TPSA) is 92.9 Å². The van der Waals surface area contributed by atoms with Crippen LogP contribution in [-0.4, -0.2) is 33.8 Å². The van der Waals surface area contributed by atoms with Gasteiger partial charge in [0.1, 0.15) is 23.3 Å². The van der Waals surface area contributed by atoms with Gasteiger partial charge in [0.15, 0.2) is 0 Å². The fourth-order valence-electron chi connectivity index (χ4n) is 3.43. The summed E-state index contributed by atoms with van der Waals surface area (Å²) < 4.78 is 10.7. The molecule has 1 N–H and O–H groups in total. The first-order valence-electron chi connectivity index (χ1n) is 9.06. The monoisotopic (exact) mass is 424 g/mol. The van der Waals surface area contributed by atoms with Crippen molar-refractivity contribution in [3.63, 3.8) is 0 Å². The van der Waals surface area contributed by atoms with Crippen molar-refractivity contribution in [1.29, 1.82) is 0 Å². The number of aliphatic hydroxyl groups is 1. The predicted octanol–water partition coefficient (Wildman–Crippen LogP) is 3.96. The Morgan fingerprint density at radius 3 is 2.67 bits per heavy atom. The van der Waals surface area contributed by atoms with Crippen molar-refractivity contribution >= 4 is 29.1 Å². The van der Waals surface area contributed by atoms with Gasteiger partial charge in [-0.15, -0.1) is 0 Å². The lowest BCUT2D eigenvalue weighted by atomic mass is 9.99. The lowest BCUT2D eigenvalue weighted by Gasteiger charge is -2.23. The number of ether oxygens (including phenoxy) is 1. The van der Waals surface area contributed by atoms with Gasteiger partial charge in [-0.3, -0.25) is 14.6 Å². The van der Waals surface area contributed by atoms with Crippen molar-refractivity contribution < 1.29 is 23.8 Å². The molecule has 1 aliphatic heterocycles. The summed E-state index contributed by atoms with van der Waals surface area (Å²) in [4.78, 5) is 31.1. The number of hydrogen-bond acceptors (Lipinski definition) is 6. The largest absolute Gasteiger partial charge is 0.507 e. The normalized spacial score (nSPS) is 18.1. The molecular formula is C22H17ClN2O5. The number of likely N-dealkylation sites (tertiary alicyclic amines) is 1. The maximum absolute atomic E-state index is 12.9. The van der Waals surface area contributed by atoms with Crippen molar-refractivity contribution in [3.05, 3.63) is 88.6 Å². The smallest absolute Gasteiger partial charge is 0.296 e. The van der Waals surface area contributed by atoms with E-state index in [4.69, 9.17) is 20.8 Å². The standard InChI is InChI=1S/C22H17ClN2O5/c1-29-17-11-14(4-5-15(17)23)20(26)18-19(16-3-2-10-30-16)25(22(28)21(18)27)12-13-6-8-24-9-7-13/h2-11,19,26H,12H2,1H3/b20-18-. The number of aliphatic hydroxyl groups excluding tert-OH is 1. The molecule has 30 heavy (non-hydrogen) atoms. The van der Waals surface area contributed by atoms with E-state index in [9.17, 15) is 14.7 Å². The average molecular weight is 425 g/mol. The summed E-state index contributed by atoms with van der Waals surface area (Å²) >= 11 is 6.06. The van der Waals surface area contributed by atoms with Crippen LogP contribution in [0.1, 0.15) is 22.9 Å². The minimum absolute atomic E-state index is 0.0617. The van der Waals surface area contributed by atoms with Crippen LogP contribution in [0.15, 0.2) is 71.1 Å². The molecule has 1 atom stereocenters. The zero-order chi connectivity index (χ0) is 21.3. The van der Waals surface area contributed by atoms with Gasteiger partial charge in [0.2, 0.25) is 0 Å². The van der Waals surface area contributed by atoms with E-state index in [2.05, 4.69) is 4.98 Å². The van der Waals surface area contributed by atoms with Crippen LogP contribution < -0.4 is 4.74 Å². The number of halogens is 1. The van der Waals surface area contributed by atoms with Gasteiger partial charge in [-0.1, -0.05) is 11.6 Å². The molecule has 0 aliphatic carbocycles. The zero-order valence-electron chi connectivity index (χ0n) is 15.9. The Bertz CT molecular complexity index is 1130. The minimum atomic E-state index is -0.880. The first-order chi connectivity index (χ1) is 14.5. The molecule has 1 aliphatic rings. The molecule has 1 unspecified atom stereocenters. The van der Waals surface area contributed by atoms with Crippen molar-refractivity contribution in [2.75, 3.05) is 7.11 Å². The maximum atomic E-state index is 12.9. The number of furan rings is 1. The van der Waals surface area contributed by atoms with E-state index in [-0.39, 0.29) is 17.9 Å². The van der Waals surface area contributed by atoms with Gasteiger partial charge >= 0.3 is 0 Å². The van der Waals surface area contributed by atoms with E-state index >= 15 is 0 Å². The number of hydrogen-bond donors (Lipinski definition) is 1. The Balaban J connectivity index is 1.84. The zero-order valence-corrected chi connectivity index (χ0v) is 16.7. The summed E-state index contributed by atoms with van der Waals surface area (Å²) in [6, 6.07) is 10.5. The fraction of sp³-hybridized carbons (Fsp3) is 0.136. The molecule has 2 aromatic heterocycles. The van der Waals surface area contributed by atoms with Gasteiger partial charge in [-0.05, 0) is 48.0 Å². The number of pyridine rings is 1. The third-order valence-corrected chi connectivity index (χ3v) is 5.19. The number of amides is 1. The summed E-state index contributed by atoms with van der Waals surface area (Å²) in [6.07, 6.45) is 4.66. The first kappa shape index (κ1) is 19.7. The van der Waals surface area contributed by atoms with Crippen molar-refractivity contribution in [2.24, 2.45) is 0 Å². The molecule has 0 spiro atoms. The van der Waals surface area contributed by atoms with Gasteiger partial charge in [0, 0.05) is 24.5 Å². The average Bonchev–Trinajstić information content (AvgIpc) is 3.37. The molecule has 1 aromatic carbocycles. The summed E-state index contributed by atoms with van der Waals surface area (Å²) in [7, 11) is 1.45. The Labute approximate surface area is 177 Å². The highest BCUT2D eigenvalue weighted by molar-refractivity contribution is 6.46. The van der Waals surface area contributed by atoms with Crippen LogP contribution in [0.5, 0.6) is 5.75 Å². The molecule has 0 bridgehead atoms. The molecular weight excluding hydrogens is 408 g/mol. The second-order valence-corrected chi connectivity index (χ2v) is 7.05. The van der Waals surface area contributed by atoms with E-state index in [0.29, 0.717) is 22.1 Å². The molecule has 0 saturated carbocycles. The molecule has 1 saturated heterocycles. The molecule has 3 heterocycles. The number of carbonyl (C=O) groups is 2. The number of nitrogens with zero attached hydrogens (tertiary/aromatic N) is 2. The number of aromatic nitrogens is 1. The van der Waals surface area contributed by atoms with Gasteiger partial charge in [-0.25, -0.2) is 0 Å². The van der Waals surface area contributed by atoms with Crippen molar-refractivity contribution in [3.8, 4) is 5.75 Å². The Morgan fingerprint density at radius 2 is 2.00 bits per heavy atom. The van der Waals surface area contributed by atoms with Crippen molar-refractivity contribution in [2.45, 2.75) is 12.6 Å². The van der Waals surface area contributed by atoms with E-state index in [1.165, 1.54) is 24.3 Å². The van der Waals surface area contributed by atoms with Crippen LogP contribution >= 0.6 is 11.6 Å². The second kappa shape index (κ2) is 8.04. The van der Waals surface area contributed by atoms with E-state index in [0.717, 1.165) is 5.56 Å². The van der Waals surface area contributed by atoms with Gasteiger partial charge in [0.05, 0.1) is 24.0 Å². The number of benzene rings is 1. The molecule has 0 radical (unpaired) electrons. The second-order valence-electron chi connectivity index (χ2n) is 6.65. The van der Waals surface area contributed by atoms with Crippen molar-refractivity contribution in [1.82, 2.24) is 9.88 Å². The maximum Gasteiger partial charge on any atom is 0.296 e. The highest BCUT2D eigenvalue weighted by Crippen LogP contribution is 2.41. The quantitative estimate of drug-likeness (QED) is 0.378. The summed E-state index contributed by atoms with van der Waals surface area (Å²) in [5, 5.41) is 11.4. The van der Waals surface area contributed by atoms with E-state index in [1.54, 1.807) is 48.8 Å². The molecule has 8 heteroatoms. The molecule has 3 aromatic rings. The van der Waals surface area contributed by atoms with Crippen LogP contribution in [0.3, 0.4) is 0 Å². The third kappa shape index (κ3) is 3.44. The van der Waals surface area contributed by atoms with Gasteiger partial charge in [0.25, 0.3) is 11.7 Å². The number of methoxy groups -OCH3 is 1. The summed E-state index contributed by atoms with van der Waals surface area (Å²) in [5.74, 6) is -1.15. The number of rotatable bonds is 5. The predicted molar refractivity (Wildman–Crippen MR) is 109 cm³/mol. The Kier molecular flexibility index (Phi) is 5.29. The van der Waals surface area contributed by atoms with Crippen LogP contribution in [-0.2, 0) is 16.1 Å². The van der Waals surface area contributed by atoms with Crippen LogP contribution in [0, 0.1) is 0 Å². The lowest BCUT2D eigenvalue weighted by molar-refractivity contribution is -0.140. The van der Waals surface area contributed by atoms with Crippen LogP contribution in [0.25, 0.3) is 5.76 Å². The number of ketones is 1. The summed E-state index contributed by atoms with van der Waals surface area (Å²) in [6.45, 7) is 0.152. The lowest BCUT2D eigenvalue weighted by Crippen LogP contribution is -2.29. The number of carbonyl (C=O) groups excluding carboxylic acids is 2. The molecule has 152 valence electrons. The highest BCUT2D eigenvalue weighted by atomic mass is 35.5. The SMILES string of the molecule is COc1cc(/C(O)=C2/C(=O)C(=O)N(Cc3ccncc3)C2c2ccco2)ccc1Cl. The Hall–Kier alpha value is -3.58. The molecule has 1 fully saturated rings. The Morgan fingerprint density at radius 1 is 1.23 bits per heavy atom. The number of Topliss-reactive ketones (excluding diaryl/α,β-unsaturated/α-hetero) is 1. The summed E-state index contributed by atoms with van der Waals surface area (Å²) in [5.41, 5.74) is 1.03.